The first kappa shape index (κ1) is 20.2. The minimum atomic E-state index is -0.652. The molecule has 154 valence electrons. The van der Waals surface area contributed by atoms with E-state index < -0.39 is 11.9 Å². The molecule has 0 amide bonds. The number of hydrogen-bond donors (Lipinski definition) is 1. The summed E-state index contributed by atoms with van der Waals surface area (Å²) in [5, 5.41) is 3.78. The Hall–Kier alpha value is -3.05. The van der Waals surface area contributed by atoms with Gasteiger partial charge in [0, 0.05) is 33.0 Å². The lowest BCUT2D eigenvalue weighted by molar-refractivity contribution is -0.138. The molecular formula is C24H22ClNO4. The van der Waals surface area contributed by atoms with E-state index in [9.17, 15) is 9.59 Å². The van der Waals surface area contributed by atoms with Crippen molar-refractivity contribution in [3.63, 3.8) is 0 Å². The molecule has 2 aliphatic rings. The van der Waals surface area contributed by atoms with Crippen LogP contribution in [0.25, 0.3) is 5.70 Å². The molecule has 0 bridgehead atoms. The van der Waals surface area contributed by atoms with E-state index in [1.807, 2.05) is 32.0 Å². The van der Waals surface area contributed by atoms with Gasteiger partial charge in [-0.2, -0.15) is 0 Å². The molecule has 0 unspecified atom stereocenters. The summed E-state index contributed by atoms with van der Waals surface area (Å²) < 4.78 is 11.2. The Morgan fingerprint density at radius 2 is 1.83 bits per heavy atom. The maximum atomic E-state index is 13.5. The molecule has 0 saturated carbocycles. The number of Topliss-reactive ketones (excluding diaryl/α,β-unsaturated/α-hetero) is 1. The number of dihydropyridines is 1. The largest absolute Gasteiger partial charge is 0.494 e. The van der Waals surface area contributed by atoms with Crippen LogP contribution >= 0.6 is 11.6 Å². The van der Waals surface area contributed by atoms with E-state index in [2.05, 4.69) is 5.32 Å². The van der Waals surface area contributed by atoms with Gasteiger partial charge in [0.1, 0.15) is 5.75 Å². The average Bonchev–Trinajstić information content (AvgIpc) is 3.01. The van der Waals surface area contributed by atoms with Crippen molar-refractivity contribution in [3.8, 4) is 5.75 Å². The molecule has 1 aliphatic heterocycles. The third-order valence-corrected chi connectivity index (χ3v) is 5.56. The van der Waals surface area contributed by atoms with Crippen molar-refractivity contribution in [1.82, 2.24) is 5.32 Å². The molecule has 2 aromatic rings. The fourth-order valence-corrected chi connectivity index (χ4v) is 4.33. The van der Waals surface area contributed by atoms with Crippen molar-refractivity contribution in [3.05, 3.63) is 81.0 Å². The van der Waals surface area contributed by atoms with Gasteiger partial charge in [0.2, 0.25) is 0 Å². The number of rotatable bonds is 5. The molecule has 0 fully saturated rings. The number of allylic oxidation sites excluding steroid dienone is 2. The topological polar surface area (TPSA) is 64.6 Å². The predicted octanol–water partition coefficient (Wildman–Crippen LogP) is 4.87. The zero-order valence-corrected chi connectivity index (χ0v) is 17.8. The Kier molecular flexibility index (Phi) is 5.39. The Morgan fingerprint density at radius 3 is 2.53 bits per heavy atom. The summed E-state index contributed by atoms with van der Waals surface area (Å²) in [6.45, 7) is 6.13. The number of esters is 1. The number of halogens is 1. The number of fused-ring (bicyclic) bond motifs is 2. The number of carbonyl (C=O) groups excluding carboxylic acids is 2. The van der Waals surface area contributed by atoms with Gasteiger partial charge in [-0.3, -0.25) is 4.79 Å². The maximum absolute atomic E-state index is 13.5. The standard InChI is InChI=1S/C24H22ClNO4/c1-4-29-18-11-10-14(25)12-17(18)20-19(24(28)30-5-2)13(3)26-22-15-8-6-7-9-16(15)23(27)21(20)22/h6-12,20,26H,4-5H2,1-3H3/t20-/m0/s1. The molecule has 4 rings (SSSR count). The molecule has 5 nitrogen and oxygen atoms in total. The van der Waals surface area contributed by atoms with Gasteiger partial charge in [-0.1, -0.05) is 35.9 Å². The number of hydrogen-bond acceptors (Lipinski definition) is 5. The van der Waals surface area contributed by atoms with Gasteiger partial charge in [-0.25, -0.2) is 4.79 Å². The van der Waals surface area contributed by atoms with Crippen LogP contribution < -0.4 is 10.1 Å². The molecule has 1 aliphatic carbocycles. The van der Waals surface area contributed by atoms with Crippen LogP contribution in [0.3, 0.4) is 0 Å². The highest BCUT2D eigenvalue weighted by Crippen LogP contribution is 2.49. The van der Waals surface area contributed by atoms with Crippen LogP contribution in [0, 0.1) is 0 Å². The van der Waals surface area contributed by atoms with Gasteiger partial charge in [0.05, 0.1) is 30.4 Å². The second kappa shape index (κ2) is 8.00. The zero-order chi connectivity index (χ0) is 21.4. The van der Waals surface area contributed by atoms with Crippen molar-refractivity contribution < 1.29 is 19.1 Å². The number of carbonyl (C=O) groups is 2. The van der Waals surface area contributed by atoms with Gasteiger partial charge in [0.15, 0.2) is 5.78 Å². The highest BCUT2D eigenvalue weighted by Gasteiger charge is 2.43. The third kappa shape index (κ3) is 3.19. The third-order valence-electron chi connectivity index (χ3n) is 5.33. The summed E-state index contributed by atoms with van der Waals surface area (Å²) in [6, 6.07) is 12.7. The van der Waals surface area contributed by atoms with Crippen molar-refractivity contribution in [1.29, 1.82) is 0 Å². The molecule has 6 heteroatoms. The number of ketones is 1. The quantitative estimate of drug-likeness (QED) is 0.695. The number of ether oxygens (including phenoxy) is 2. The smallest absolute Gasteiger partial charge is 0.336 e. The van der Waals surface area contributed by atoms with Gasteiger partial charge < -0.3 is 14.8 Å². The van der Waals surface area contributed by atoms with Crippen LogP contribution in [-0.2, 0) is 9.53 Å². The van der Waals surface area contributed by atoms with Crippen LogP contribution in [0.5, 0.6) is 5.75 Å². The Labute approximate surface area is 180 Å². The van der Waals surface area contributed by atoms with Crippen LogP contribution in [-0.4, -0.2) is 25.0 Å². The molecule has 0 aromatic heterocycles. The summed E-state index contributed by atoms with van der Waals surface area (Å²) in [5.74, 6) is -0.653. The van der Waals surface area contributed by atoms with E-state index in [1.54, 1.807) is 31.2 Å². The first-order valence-electron chi connectivity index (χ1n) is 9.93. The van der Waals surface area contributed by atoms with E-state index in [4.69, 9.17) is 21.1 Å². The van der Waals surface area contributed by atoms with Crippen molar-refractivity contribution >= 4 is 29.1 Å². The first-order valence-corrected chi connectivity index (χ1v) is 10.3. The van der Waals surface area contributed by atoms with E-state index in [1.165, 1.54) is 0 Å². The molecular weight excluding hydrogens is 402 g/mol. The second-order valence-corrected chi connectivity index (χ2v) is 7.53. The average molecular weight is 424 g/mol. The Morgan fingerprint density at radius 1 is 1.10 bits per heavy atom. The van der Waals surface area contributed by atoms with Crippen molar-refractivity contribution in [2.24, 2.45) is 0 Å². The van der Waals surface area contributed by atoms with Crippen LogP contribution in [0.15, 0.2) is 59.3 Å². The molecule has 1 heterocycles. The lowest BCUT2D eigenvalue weighted by atomic mass is 9.79. The van der Waals surface area contributed by atoms with E-state index in [0.29, 0.717) is 51.0 Å². The summed E-state index contributed by atoms with van der Waals surface area (Å²) >= 11 is 6.33. The fourth-order valence-electron chi connectivity index (χ4n) is 4.15. The Bertz CT molecular complexity index is 1120. The highest BCUT2D eigenvalue weighted by molar-refractivity contribution is 6.30. The zero-order valence-electron chi connectivity index (χ0n) is 17.0. The molecule has 0 saturated heterocycles. The van der Waals surface area contributed by atoms with E-state index in [-0.39, 0.29) is 12.4 Å². The summed E-state index contributed by atoms with van der Waals surface area (Å²) in [5.41, 5.74) is 4.36. The van der Waals surface area contributed by atoms with Crippen LogP contribution in [0.1, 0.15) is 48.2 Å². The highest BCUT2D eigenvalue weighted by atomic mass is 35.5. The van der Waals surface area contributed by atoms with Gasteiger partial charge in [-0.15, -0.1) is 0 Å². The molecule has 0 spiro atoms. The normalized spacial score (nSPS) is 17.5. The van der Waals surface area contributed by atoms with Gasteiger partial charge in [0.25, 0.3) is 0 Å². The lowest BCUT2D eigenvalue weighted by Crippen LogP contribution is -2.29. The summed E-state index contributed by atoms with van der Waals surface area (Å²) in [7, 11) is 0. The number of nitrogens with one attached hydrogen (secondary N) is 1. The Balaban J connectivity index is 1.98. The minimum absolute atomic E-state index is 0.116. The number of benzene rings is 2. The van der Waals surface area contributed by atoms with Gasteiger partial charge in [-0.05, 0) is 39.0 Å². The van der Waals surface area contributed by atoms with Crippen LogP contribution in [0.4, 0.5) is 0 Å². The van der Waals surface area contributed by atoms with Gasteiger partial charge >= 0.3 is 5.97 Å². The molecule has 0 radical (unpaired) electrons. The summed E-state index contributed by atoms with van der Waals surface area (Å²) in [6.07, 6.45) is 0. The monoisotopic (exact) mass is 423 g/mol. The second-order valence-electron chi connectivity index (χ2n) is 7.10. The van der Waals surface area contributed by atoms with E-state index in [0.717, 1.165) is 5.56 Å². The van der Waals surface area contributed by atoms with Crippen molar-refractivity contribution in [2.75, 3.05) is 13.2 Å². The van der Waals surface area contributed by atoms with Crippen molar-refractivity contribution in [2.45, 2.75) is 26.7 Å². The molecule has 30 heavy (non-hydrogen) atoms. The SMILES string of the molecule is CCOC(=O)C1=C(C)NC2=C(C(=O)c3ccccc32)[C@H]1c1cc(Cl)ccc1OCC. The molecule has 1 atom stereocenters. The summed E-state index contributed by atoms with van der Waals surface area (Å²) in [4.78, 5) is 26.4. The van der Waals surface area contributed by atoms with E-state index >= 15 is 0 Å². The molecule has 2 aromatic carbocycles. The minimum Gasteiger partial charge on any atom is -0.494 e. The molecule has 1 N–H and O–H groups in total. The fraction of sp³-hybridized carbons (Fsp3) is 0.250. The first-order chi connectivity index (χ1) is 14.5. The lowest BCUT2D eigenvalue weighted by Gasteiger charge is -2.30. The predicted molar refractivity (Wildman–Crippen MR) is 116 cm³/mol. The van der Waals surface area contributed by atoms with Crippen LogP contribution in [0.2, 0.25) is 5.02 Å². The maximum Gasteiger partial charge on any atom is 0.336 e.